The highest BCUT2D eigenvalue weighted by atomic mass is 16.6. The van der Waals surface area contributed by atoms with E-state index in [-0.39, 0.29) is 18.9 Å². The van der Waals surface area contributed by atoms with Gasteiger partial charge in [-0.25, -0.2) is 9.78 Å². The smallest absolute Gasteiger partial charge is 0.409 e. The van der Waals surface area contributed by atoms with Crippen molar-refractivity contribution in [2.75, 3.05) is 6.73 Å². The first-order valence-corrected chi connectivity index (χ1v) is 6.42. The maximum atomic E-state index is 11.5. The lowest BCUT2D eigenvalue weighted by atomic mass is 10.2. The van der Waals surface area contributed by atoms with E-state index in [0.717, 1.165) is 11.0 Å². The molecule has 0 aliphatic carbocycles. The lowest BCUT2D eigenvalue weighted by Gasteiger charge is -2.19. The number of rotatable bonds is 4. The summed E-state index contributed by atoms with van der Waals surface area (Å²) in [5, 5.41) is 2.52. The van der Waals surface area contributed by atoms with Crippen LogP contribution < -0.4 is 5.32 Å². The SMILES string of the molecule is CC(C)(C)OCNC(=O)OCc1nc2ccccc2[nH]1. The van der Waals surface area contributed by atoms with Crippen LogP contribution in [0, 0.1) is 0 Å². The Morgan fingerprint density at radius 2 is 2.10 bits per heavy atom. The van der Waals surface area contributed by atoms with Crippen molar-refractivity contribution in [3.05, 3.63) is 30.1 Å². The number of fused-ring (bicyclic) bond motifs is 1. The molecule has 1 aromatic carbocycles. The topological polar surface area (TPSA) is 76.2 Å². The third-order valence-electron chi connectivity index (χ3n) is 2.50. The van der Waals surface area contributed by atoms with Crippen LogP contribution in [-0.2, 0) is 16.1 Å². The Morgan fingerprint density at radius 3 is 2.80 bits per heavy atom. The van der Waals surface area contributed by atoms with Crippen molar-refractivity contribution in [1.29, 1.82) is 0 Å². The molecule has 1 aromatic heterocycles. The number of imidazole rings is 1. The summed E-state index contributed by atoms with van der Waals surface area (Å²) in [5.41, 5.74) is 1.47. The van der Waals surface area contributed by atoms with Crippen molar-refractivity contribution < 1.29 is 14.3 Å². The molecule has 20 heavy (non-hydrogen) atoms. The second-order valence-electron chi connectivity index (χ2n) is 5.35. The molecule has 0 atom stereocenters. The lowest BCUT2D eigenvalue weighted by Crippen LogP contribution is -2.32. The fourth-order valence-corrected chi connectivity index (χ4v) is 1.57. The van der Waals surface area contributed by atoms with Crippen molar-refractivity contribution in [3.63, 3.8) is 0 Å². The molecule has 0 saturated heterocycles. The monoisotopic (exact) mass is 277 g/mol. The van der Waals surface area contributed by atoms with Crippen molar-refractivity contribution in [2.45, 2.75) is 33.0 Å². The molecule has 1 heterocycles. The average Bonchev–Trinajstić information content (AvgIpc) is 2.77. The minimum atomic E-state index is -0.533. The van der Waals surface area contributed by atoms with Gasteiger partial charge in [-0.15, -0.1) is 0 Å². The summed E-state index contributed by atoms with van der Waals surface area (Å²) in [5.74, 6) is 0.609. The number of nitrogens with one attached hydrogen (secondary N) is 2. The molecular formula is C14H19N3O3. The standard InChI is InChI=1S/C14H19N3O3/c1-14(2,3)20-9-15-13(18)19-8-12-16-10-6-4-5-7-11(10)17-12/h4-7H,8-9H2,1-3H3,(H,15,18)(H,16,17). The first-order chi connectivity index (χ1) is 9.44. The molecule has 2 rings (SSSR count). The van der Waals surface area contributed by atoms with E-state index >= 15 is 0 Å². The Labute approximate surface area is 117 Å². The summed E-state index contributed by atoms with van der Waals surface area (Å²) >= 11 is 0. The molecule has 2 aromatic rings. The van der Waals surface area contributed by atoms with E-state index in [0.29, 0.717) is 5.82 Å². The first-order valence-electron chi connectivity index (χ1n) is 6.42. The number of alkyl carbamates (subject to hydrolysis) is 1. The highest BCUT2D eigenvalue weighted by molar-refractivity contribution is 5.74. The lowest BCUT2D eigenvalue weighted by molar-refractivity contribution is -0.0133. The number of ether oxygens (including phenoxy) is 2. The van der Waals surface area contributed by atoms with Gasteiger partial charge in [-0.05, 0) is 32.9 Å². The van der Waals surface area contributed by atoms with Crippen LogP contribution in [0.1, 0.15) is 26.6 Å². The molecule has 0 saturated carbocycles. The molecule has 6 nitrogen and oxygen atoms in total. The number of carbonyl (C=O) groups excluding carboxylic acids is 1. The molecule has 0 unspecified atom stereocenters. The maximum absolute atomic E-state index is 11.5. The molecular weight excluding hydrogens is 258 g/mol. The Morgan fingerprint density at radius 1 is 1.35 bits per heavy atom. The van der Waals surface area contributed by atoms with Gasteiger partial charge in [-0.3, -0.25) is 5.32 Å². The van der Waals surface area contributed by atoms with Gasteiger partial charge in [0.2, 0.25) is 0 Å². The zero-order valence-electron chi connectivity index (χ0n) is 11.9. The normalized spacial score (nSPS) is 11.6. The number of H-pyrrole nitrogens is 1. The summed E-state index contributed by atoms with van der Waals surface area (Å²) in [4.78, 5) is 18.9. The highest BCUT2D eigenvalue weighted by Crippen LogP contribution is 2.10. The second-order valence-corrected chi connectivity index (χ2v) is 5.35. The van der Waals surface area contributed by atoms with Gasteiger partial charge < -0.3 is 14.5 Å². The quantitative estimate of drug-likeness (QED) is 0.842. The van der Waals surface area contributed by atoms with E-state index in [1.807, 2.05) is 45.0 Å². The van der Waals surface area contributed by atoms with E-state index in [1.54, 1.807) is 0 Å². The molecule has 0 bridgehead atoms. The van der Waals surface area contributed by atoms with E-state index in [4.69, 9.17) is 9.47 Å². The van der Waals surface area contributed by atoms with Gasteiger partial charge in [-0.1, -0.05) is 12.1 Å². The van der Waals surface area contributed by atoms with Crippen molar-refractivity contribution in [3.8, 4) is 0 Å². The molecule has 0 fully saturated rings. The molecule has 2 N–H and O–H groups in total. The number of aromatic amines is 1. The summed E-state index contributed by atoms with van der Waals surface area (Å²) in [6.07, 6.45) is -0.533. The zero-order valence-corrected chi connectivity index (χ0v) is 11.9. The third kappa shape index (κ3) is 4.24. The second kappa shape index (κ2) is 5.92. The Bertz CT molecular complexity index is 554. The number of carbonyl (C=O) groups is 1. The number of hydrogen-bond acceptors (Lipinski definition) is 4. The summed E-state index contributed by atoms with van der Waals surface area (Å²) in [6.45, 7) is 5.94. The number of nitrogens with zero attached hydrogens (tertiary/aromatic N) is 1. The summed E-state index contributed by atoms with van der Waals surface area (Å²) < 4.78 is 10.4. The zero-order chi connectivity index (χ0) is 14.6. The number of amides is 1. The van der Waals surface area contributed by atoms with Crippen LogP contribution in [0.2, 0.25) is 0 Å². The van der Waals surface area contributed by atoms with Gasteiger partial charge >= 0.3 is 6.09 Å². The van der Waals surface area contributed by atoms with Crippen molar-refractivity contribution in [2.24, 2.45) is 0 Å². The number of benzene rings is 1. The van der Waals surface area contributed by atoms with Gasteiger partial charge in [0.25, 0.3) is 0 Å². The maximum Gasteiger partial charge on any atom is 0.409 e. The Balaban J connectivity index is 1.78. The predicted molar refractivity (Wildman–Crippen MR) is 75.1 cm³/mol. The number of hydrogen-bond donors (Lipinski definition) is 2. The number of para-hydroxylation sites is 2. The molecule has 0 radical (unpaired) electrons. The van der Waals surface area contributed by atoms with Crippen LogP contribution in [0.3, 0.4) is 0 Å². The number of aromatic nitrogens is 2. The van der Waals surface area contributed by atoms with Crippen LogP contribution in [-0.4, -0.2) is 28.4 Å². The highest BCUT2D eigenvalue weighted by Gasteiger charge is 2.11. The molecule has 0 aliphatic rings. The minimum absolute atomic E-state index is 0.0933. The molecule has 1 amide bonds. The Kier molecular flexibility index (Phi) is 4.24. The van der Waals surface area contributed by atoms with Crippen LogP contribution in [0.25, 0.3) is 11.0 Å². The van der Waals surface area contributed by atoms with Gasteiger partial charge in [0.15, 0.2) is 6.61 Å². The van der Waals surface area contributed by atoms with Gasteiger partial charge in [0.1, 0.15) is 12.6 Å². The van der Waals surface area contributed by atoms with Crippen LogP contribution in [0.5, 0.6) is 0 Å². The van der Waals surface area contributed by atoms with E-state index < -0.39 is 6.09 Å². The Hall–Kier alpha value is -2.08. The van der Waals surface area contributed by atoms with Crippen molar-refractivity contribution in [1.82, 2.24) is 15.3 Å². The molecule has 0 spiro atoms. The van der Waals surface area contributed by atoms with E-state index in [9.17, 15) is 4.79 Å². The van der Waals surface area contributed by atoms with Gasteiger partial charge in [0.05, 0.1) is 16.6 Å². The molecule has 0 aliphatic heterocycles. The van der Waals surface area contributed by atoms with Gasteiger partial charge in [0, 0.05) is 0 Å². The molecule has 6 heteroatoms. The third-order valence-corrected chi connectivity index (χ3v) is 2.50. The van der Waals surface area contributed by atoms with Crippen LogP contribution in [0.15, 0.2) is 24.3 Å². The van der Waals surface area contributed by atoms with Crippen LogP contribution >= 0.6 is 0 Å². The van der Waals surface area contributed by atoms with Crippen LogP contribution in [0.4, 0.5) is 4.79 Å². The predicted octanol–water partition coefficient (Wildman–Crippen LogP) is 2.56. The van der Waals surface area contributed by atoms with E-state index in [1.165, 1.54) is 0 Å². The fourth-order valence-electron chi connectivity index (χ4n) is 1.57. The minimum Gasteiger partial charge on any atom is -0.441 e. The largest absolute Gasteiger partial charge is 0.441 e. The molecule has 108 valence electrons. The average molecular weight is 277 g/mol. The van der Waals surface area contributed by atoms with E-state index in [2.05, 4.69) is 15.3 Å². The summed E-state index contributed by atoms with van der Waals surface area (Å²) in [6, 6.07) is 7.64. The van der Waals surface area contributed by atoms with Crippen molar-refractivity contribution >= 4 is 17.1 Å². The fraction of sp³-hybridized carbons (Fsp3) is 0.429. The summed E-state index contributed by atoms with van der Waals surface area (Å²) in [7, 11) is 0. The first kappa shape index (κ1) is 14.3. The van der Waals surface area contributed by atoms with Gasteiger partial charge in [-0.2, -0.15) is 0 Å².